The fourth-order valence-corrected chi connectivity index (χ4v) is 8.46. The van der Waals surface area contributed by atoms with Gasteiger partial charge in [-0.1, -0.05) is 34.1 Å². The molecule has 0 aromatic heterocycles. The van der Waals surface area contributed by atoms with Crippen molar-refractivity contribution in [2.24, 2.45) is 46.3 Å². The first-order chi connectivity index (χ1) is 11.8. The van der Waals surface area contributed by atoms with Crippen LogP contribution >= 0.6 is 0 Å². The average molecular weight is 349 g/mol. The van der Waals surface area contributed by atoms with Gasteiger partial charge in [-0.3, -0.25) is 0 Å². The Bertz CT molecular complexity index is 504. The minimum Gasteiger partial charge on any atom is -0.393 e. The van der Waals surface area contributed by atoms with Crippen LogP contribution in [0.5, 0.6) is 0 Å². The van der Waals surface area contributed by atoms with E-state index in [0.29, 0.717) is 28.6 Å². The van der Waals surface area contributed by atoms with E-state index in [-0.39, 0.29) is 12.2 Å². The molecule has 0 spiro atoms. The highest BCUT2D eigenvalue weighted by molar-refractivity contribution is 5.11. The van der Waals surface area contributed by atoms with E-state index in [9.17, 15) is 10.2 Å². The van der Waals surface area contributed by atoms with Gasteiger partial charge in [-0.05, 0) is 97.7 Å². The highest BCUT2D eigenvalue weighted by atomic mass is 16.3. The SMILES string of the molecule is CC[C@@H](C)[C@H]1CC[C@H]2C3C(O)CC4C[C@H](O)CCC4(C)[C@H]3CCC12C. The Morgan fingerprint density at radius 3 is 2.32 bits per heavy atom. The normalized spacial score (nSPS) is 56.6. The van der Waals surface area contributed by atoms with Gasteiger partial charge in [-0.25, -0.2) is 0 Å². The predicted molar refractivity (Wildman–Crippen MR) is 102 cm³/mol. The van der Waals surface area contributed by atoms with Gasteiger partial charge in [-0.15, -0.1) is 0 Å². The van der Waals surface area contributed by atoms with Gasteiger partial charge in [0, 0.05) is 0 Å². The smallest absolute Gasteiger partial charge is 0.0577 e. The Morgan fingerprint density at radius 1 is 0.920 bits per heavy atom. The third-order valence-corrected chi connectivity index (χ3v) is 10.1. The quantitative estimate of drug-likeness (QED) is 0.735. The number of aliphatic hydroxyl groups is 2. The molecule has 0 aromatic carbocycles. The van der Waals surface area contributed by atoms with E-state index in [1.807, 2.05) is 0 Å². The van der Waals surface area contributed by atoms with Crippen molar-refractivity contribution >= 4 is 0 Å². The van der Waals surface area contributed by atoms with Crippen molar-refractivity contribution < 1.29 is 10.2 Å². The lowest BCUT2D eigenvalue weighted by Crippen LogP contribution is -2.58. The summed E-state index contributed by atoms with van der Waals surface area (Å²) in [7, 11) is 0. The highest BCUT2D eigenvalue weighted by Crippen LogP contribution is 2.68. The van der Waals surface area contributed by atoms with E-state index in [1.165, 1.54) is 38.5 Å². The third kappa shape index (κ3) is 2.57. The highest BCUT2D eigenvalue weighted by Gasteiger charge is 2.62. The van der Waals surface area contributed by atoms with Crippen molar-refractivity contribution in [3.63, 3.8) is 0 Å². The summed E-state index contributed by atoms with van der Waals surface area (Å²) in [4.78, 5) is 0. The maximum absolute atomic E-state index is 11.2. The third-order valence-electron chi connectivity index (χ3n) is 10.1. The zero-order chi connectivity index (χ0) is 18.0. The van der Waals surface area contributed by atoms with Gasteiger partial charge in [0.05, 0.1) is 12.2 Å². The molecule has 0 amide bonds. The summed E-state index contributed by atoms with van der Waals surface area (Å²) < 4.78 is 0. The Labute approximate surface area is 154 Å². The van der Waals surface area contributed by atoms with Crippen LogP contribution in [0.3, 0.4) is 0 Å². The molecule has 4 aliphatic rings. The molecular formula is C23H40O2. The minimum absolute atomic E-state index is 0.128. The zero-order valence-electron chi connectivity index (χ0n) is 16.9. The van der Waals surface area contributed by atoms with Crippen molar-refractivity contribution in [2.45, 2.75) is 97.7 Å². The molecule has 25 heavy (non-hydrogen) atoms. The number of aliphatic hydroxyl groups excluding tert-OH is 2. The minimum atomic E-state index is -0.131. The lowest BCUT2D eigenvalue weighted by molar-refractivity contribution is -0.174. The van der Waals surface area contributed by atoms with Crippen molar-refractivity contribution in [1.29, 1.82) is 0 Å². The molecule has 2 heteroatoms. The molecule has 0 aliphatic heterocycles. The second-order valence-electron chi connectivity index (χ2n) is 10.8. The van der Waals surface area contributed by atoms with E-state index >= 15 is 0 Å². The fraction of sp³-hybridized carbons (Fsp3) is 1.00. The van der Waals surface area contributed by atoms with Crippen LogP contribution < -0.4 is 0 Å². The Morgan fingerprint density at radius 2 is 1.60 bits per heavy atom. The molecule has 0 radical (unpaired) electrons. The van der Waals surface area contributed by atoms with Crippen molar-refractivity contribution in [3.8, 4) is 0 Å². The zero-order valence-corrected chi connectivity index (χ0v) is 16.9. The number of hydrogen-bond donors (Lipinski definition) is 2. The maximum atomic E-state index is 11.2. The van der Waals surface area contributed by atoms with E-state index in [4.69, 9.17) is 0 Å². The number of rotatable bonds is 2. The maximum Gasteiger partial charge on any atom is 0.0577 e. The molecule has 0 saturated heterocycles. The van der Waals surface area contributed by atoms with Gasteiger partial charge in [0.1, 0.15) is 0 Å². The monoisotopic (exact) mass is 348 g/mol. The molecule has 0 aromatic rings. The van der Waals surface area contributed by atoms with Crippen LogP contribution in [0.1, 0.15) is 85.5 Å². The summed E-state index contributed by atoms with van der Waals surface area (Å²) in [6.45, 7) is 9.89. The molecule has 4 saturated carbocycles. The molecule has 2 nitrogen and oxygen atoms in total. The van der Waals surface area contributed by atoms with E-state index < -0.39 is 0 Å². The van der Waals surface area contributed by atoms with Crippen LogP contribution in [-0.2, 0) is 0 Å². The van der Waals surface area contributed by atoms with Crippen molar-refractivity contribution in [1.82, 2.24) is 0 Å². The molecule has 0 heterocycles. The van der Waals surface area contributed by atoms with Crippen LogP contribution in [0.2, 0.25) is 0 Å². The Kier molecular flexibility index (Phi) is 4.56. The summed E-state index contributed by atoms with van der Waals surface area (Å²) in [5.74, 6) is 4.13. The molecule has 4 rings (SSSR count). The second kappa shape index (κ2) is 6.23. The van der Waals surface area contributed by atoms with E-state index in [2.05, 4.69) is 27.7 Å². The topological polar surface area (TPSA) is 40.5 Å². The summed E-state index contributed by atoms with van der Waals surface area (Å²) in [5.41, 5.74) is 0.813. The molecule has 144 valence electrons. The first kappa shape index (κ1) is 18.3. The lowest BCUT2D eigenvalue weighted by Gasteiger charge is -2.62. The second-order valence-corrected chi connectivity index (χ2v) is 10.8. The van der Waals surface area contributed by atoms with Gasteiger partial charge in [0.25, 0.3) is 0 Å². The van der Waals surface area contributed by atoms with Gasteiger partial charge < -0.3 is 10.2 Å². The molecule has 2 N–H and O–H groups in total. The first-order valence-electron chi connectivity index (χ1n) is 11.2. The largest absolute Gasteiger partial charge is 0.393 e. The Hall–Kier alpha value is -0.0800. The number of fused-ring (bicyclic) bond motifs is 5. The van der Waals surface area contributed by atoms with Gasteiger partial charge >= 0.3 is 0 Å². The van der Waals surface area contributed by atoms with Gasteiger partial charge in [0.2, 0.25) is 0 Å². The Balaban J connectivity index is 1.63. The summed E-state index contributed by atoms with van der Waals surface area (Å²) in [6.07, 6.45) is 10.4. The summed E-state index contributed by atoms with van der Waals surface area (Å²) >= 11 is 0. The van der Waals surface area contributed by atoms with Gasteiger partial charge in [0.15, 0.2) is 0 Å². The van der Waals surface area contributed by atoms with E-state index in [0.717, 1.165) is 37.0 Å². The lowest BCUT2D eigenvalue weighted by atomic mass is 9.43. The molecule has 5 unspecified atom stereocenters. The van der Waals surface area contributed by atoms with Crippen LogP contribution in [0.25, 0.3) is 0 Å². The fourth-order valence-electron chi connectivity index (χ4n) is 8.46. The molecule has 0 bridgehead atoms. The van der Waals surface area contributed by atoms with Crippen LogP contribution in [-0.4, -0.2) is 22.4 Å². The van der Waals surface area contributed by atoms with Gasteiger partial charge in [-0.2, -0.15) is 0 Å². The summed E-state index contributed by atoms with van der Waals surface area (Å²) in [5, 5.41) is 21.4. The summed E-state index contributed by atoms with van der Waals surface area (Å²) in [6, 6.07) is 0. The first-order valence-corrected chi connectivity index (χ1v) is 11.2. The predicted octanol–water partition coefficient (Wildman–Crippen LogP) is 5.02. The number of hydrogen-bond acceptors (Lipinski definition) is 2. The van der Waals surface area contributed by atoms with Crippen LogP contribution in [0, 0.1) is 46.3 Å². The van der Waals surface area contributed by atoms with Crippen LogP contribution in [0.15, 0.2) is 0 Å². The van der Waals surface area contributed by atoms with Crippen molar-refractivity contribution in [3.05, 3.63) is 0 Å². The van der Waals surface area contributed by atoms with Crippen LogP contribution in [0.4, 0.5) is 0 Å². The standard InChI is InChI=1S/C23H40O2/c1-5-14(2)17-6-7-18-21-19(9-11-23(17,18)4)22(3)10-8-16(24)12-15(22)13-20(21)25/h14-21,24-25H,5-13H2,1-4H3/t14-,15?,16-,17-,18+,19+,20?,21?,22?,23?/m1/s1. The molecule has 4 fully saturated rings. The van der Waals surface area contributed by atoms with Crippen molar-refractivity contribution in [2.75, 3.05) is 0 Å². The average Bonchev–Trinajstić information content (AvgIpc) is 2.93. The molecule has 4 aliphatic carbocycles. The van der Waals surface area contributed by atoms with E-state index in [1.54, 1.807) is 0 Å². The molecular weight excluding hydrogens is 308 g/mol. The molecule has 10 atom stereocenters.